The largest absolute Gasteiger partial charge is 0.383 e. The van der Waals surface area contributed by atoms with Gasteiger partial charge in [0, 0.05) is 67.6 Å². The van der Waals surface area contributed by atoms with Crippen molar-refractivity contribution in [1.29, 1.82) is 0 Å². The Hall–Kier alpha value is -12.0. The van der Waals surface area contributed by atoms with E-state index in [1.165, 1.54) is 155 Å². The molecule has 8 aliphatic heterocycles. The molecule has 0 N–H and O–H groups in total. The lowest BCUT2D eigenvalue weighted by Crippen LogP contribution is -2.59. The molecule has 0 saturated carbocycles. The molecule has 444 valence electrons. The molecule has 8 aliphatic rings. The number of anilines is 7. The molecular formula is C88H60B4N4. The SMILES string of the molecule is C1=CB2C=Cc3c(ccc4ccc5ccccc5c34)N2C=C1.C1=Cc2ccccc2N2B1C=Cc1c2ccc2ccccc12.C1=Cc2ccccc2N2B1c1ccccc1-c1cc3ccccc3cc12.c1ccc2c(c1)B1c3ccccc3-c3ccccc3N1c1ccccc1-2. The Morgan fingerprint density at radius 2 is 0.729 bits per heavy atom. The van der Waals surface area contributed by atoms with E-state index in [1.807, 2.05) is 0 Å². The van der Waals surface area contributed by atoms with Crippen LogP contribution in [0.2, 0.25) is 0 Å². The van der Waals surface area contributed by atoms with E-state index in [9.17, 15) is 0 Å². The summed E-state index contributed by atoms with van der Waals surface area (Å²) < 4.78 is 0. The molecule has 0 atom stereocenters. The van der Waals surface area contributed by atoms with Crippen LogP contribution in [0.15, 0.2) is 339 Å². The number of hydrogen-bond acceptors (Lipinski definition) is 4. The summed E-state index contributed by atoms with van der Waals surface area (Å²) in [6.07, 6.45) is 15.4. The fourth-order valence-corrected chi connectivity index (χ4v) is 16.3. The van der Waals surface area contributed by atoms with Gasteiger partial charge in [-0.3, -0.25) is 0 Å². The van der Waals surface area contributed by atoms with Gasteiger partial charge < -0.3 is 19.2 Å². The van der Waals surface area contributed by atoms with Crippen molar-refractivity contribution in [2.45, 2.75) is 0 Å². The summed E-state index contributed by atoms with van der Waals surface area (Å²) in [7, 11) is 0. The summed E-state index contributed by atoms with van der Waals surface area (Å²) in [5, 5.41) is 10.5. The van der Waals surface area contributed by atoms with Crippen LogP contribution in [0, 0.1) is 0 Å². The fourth-order valence-electron chi connectivity index (χ4n) is 16.3. The van der Waals surface area contributed by atoms with Crippen molar-refractivity contribution in [3.63, 3.8) is 0 Å². The summed E-state index contributed by atoms with van der Waals surface area (Å²) in [4.78, 5) is 9.81. The van der Waals surface area contributed by atoms with E-state index in [-0.39, 0.29) is 13.7 Å². The highest BCUT2D eigenvalue weighted by Gasteiger charge is 2.42. The molecule has 14 aromatic rings. The molecule has 0 unspecified atom stereocenters. The molecule has 0 spiro atoms. The predicted octanol–water partition coefficient (Wildman–Crippen LogP) is 20.1. The average molecular weight is 1220 g/mol. The Bertz CT molecular complexity index is 5540. The molecule has 0 bridgehead atoms. The van der Waals surface area contributed by atoms with E-state index in [1.54, 1.807) is 0 Å². The van der Waals surface area contributed by atoms with Gasteiger partial charge in [0.05, 0.1) is 0 Å². The molecule has 0 saturated heterocycles. The number of nitrogens with zero attached hydrogens (tertiary/aromatic N) is 4. The standard InChI is InChI=1S/2C24H16BN.2C20H14BN/c1-5-13-21-17(9-1)19-11-3-7-15-23(19)26-24-16-8-4-12-20(24)18-10-2-6-14-22(18)25(21)26;1-2-9-19-16-24-21(15-18(19)8-1)20-10-4-5-11-22(20)25-14-13-17-7-3-6-12-23(17)26(24)25;1-3-7-17-15(5-1)9-10-20-18(17)12-14-21-13-11-16-6-2-4-8-19(16)22(20)21;1-2-6-17-15(5-1)7-8-16-9-10-19-18(20(16)17)11-13-21-12-3-4-14-22(19)21/h2*1-16H;2*1-14H. The topological polar surface area (TPSA) is 13.0 Å². The Balaban J connectivity index is 0.0000000905. The van der Waals surface area contributed by atoms with Gasteiger partial charge >= 0.3 is 27.4 Å². The highest BCUT2D eigenvalue weighted by atomic mass is 15.1. The second kappa shape index (κ2) is 22.9. The zero-order chi connectivity index (χ0) is 63.2. The van der Waals surface area contributed by atoms with Crippen LogP contribution >= 0.6 is 0 Å². The number of allylic oxidation sites excluding steroid dienone is 2. The summed E-state index contributed by atoms with van der Waals surface area (Å²) in [6.45, 7) is 1.11. The first-order chi connectivity index (χ1) is 47.7. The lowest BCUT2D eigenvalue weighted by molar-refractivity contribution is 1.35. The summed E-state index contributed by atoms with van der Waals surface area (Å²) >= 11 is 0. The highest BCUT2D eigenvalue weighted by molar-refractivity contribution is 6.92. The van der Waals surface area contributed by atoms with Crippen molar-refractivity contribution in [1.82, 2.24) is 0 Å². The first kappa shape index (κ1) is 55.6. The molecular weight excluding hydrogens is 1160 g/mol. The van der Waals surface area contributed by atoms with Crippen LogP contribution in [-0.4, -0.2) is 27.4 Å². The average Bonchev–Trinajstić information content (AvgIpc) is 0.735. The lowest BCUT2D eigenvalue weighted by Gasteiger charge is -2.43. The minimum Gasteiger partial charge on any atom is -0.383 e. The fraction of sp³-hybridized carbons (Fsp3) is 0. The molecule has 96 heavy (non-hydrogen) atoms. The van der Waals surface area contributed by atoms with Gasteiger partial charge in [0.2, 0.25) is 0 Å². The van der Waals surface area contributed by atoms with E-state index in [0.29, 0.717) is 13.7 Å². The zero-order valence-electron chi connectivity index (χ0n) is 52.7. The Morgan fingerprint density at radius 3 is 1.44 bits per heavy atom. The van der Waals surface area contributed by atoms with Gasteiger partial charge in [-0.2, -0.15) is 0 Å². The third-order valence-electron chi connectivity index (χ3n) is 20.6. The van der Waals surface area contributed by atoms with Crippen LogP contribution in [0.5, 0.6) is 0 Å². The van der Waals surface area contributed by atoms with Crippen LogP contribution in [0.25, 0.3) is 101 Å². The number of fused-ring (bicyclic) bond motifs is 34. The summed E-state index contributed by atoms with van der Waals surface area (Å²) in [5.74, 6) is 11.4. The number of para-hydroxylation sites is 4. The smallest absolute Gasteiger partial charge is 0.329 e. The monoisotopic (exact) mass is 1220 g/mol. The molecule has 8 heteroatoms. The molecule has 0 radical (unpaired) electrons. The van der Waals surface area contributed by atoms with E-state index < -0.39 is 0 Å². The van der Waals surface area contributed by atoms with Crippen molar-refractivity contribution >= 4 is 151 Å². The third kappa shape index (κ3) is 9.04. The zero-order valence-corrected chi connectivity index (χ0v) is 52.7. The normalized spacial score (nSPS) is 14.2. The highest BCUT2D eigenvalue weighted by Crippen LogP contribution is 2.48. The van der Waals surface area contributed by atoms with Crippen molar-refractivity contribution in [3.05, 3.63) is 362 Å². The molecule has 0 amide bonds. The van der Waals surface area contributed by atoms with Gasteiger partial charge in [-0.15, -0.1) is 0 Å². The third-order valence-corrected chi connectivity index (χ3v) is 20.6. The van der Waals surface area contributed by atoms with Crippen LogP contribution in [0.3, 0.4) is 0 Å². The lowest BCUT2D eigenvalue weighted by atomic mass is 9.43. The Morgan fingerprint density at radius 1 is 0.250 bits per heavy atom. The number of benzene rings is 14. The minimum absolute atomic E-state index is 0.215. The van der Waals surface area contributed by atoms with Crippen LogP contribution < -0.4 is 35.6 Å². The van der Waals surface area contributed by atoms with Crippen LogP contribution in [0.4, 0.5) is 39.8 Å². The van der Waals surface area contributed by atoms with Gasteiger partial charge in [-0.1, -0.05) is 303 Å². The Labute approximate surface area is 561 Å². The molecule has 0 fully saturated rings. The molecule has 22 rings (SSSR count). The van der Waals surface area contributed by atoms with Crippen molar-refractivity contribution in [2.24, 2.45) is 0 Å². The molecule has 0 aromatic heterocycles. The number of hydrogen-bond donors (Lipinski definition) is 0. The molecule has 14 aromatic carbocycles. The van der Waals surface area contributed by atoms with E-state index in [4.69, 9.17) is 0 Å². The number of rotatable bonds is 0. The van der Waals surface area contributed by atoms with Gasteiger partial charge in [0.15, 0.2) is 0 Å². The minimum atomic E-state index is 0.215. The maximum absolute atomic E-state index is 2.52. The summed E-state index contributed by atoms with van der Waals surface area (Å²) in [6, 6.07) is 105. The molecule has 0 aliphatic carbocycles. The predicted molar refractivity (Wildman–Crippen MR) is 417 cm³/mol. The van der Waals surface area contributed by atoms with E-state index in [0.717, 1.165) is 0 Å². The quantitative estimate of drug-likeness (QED) is 0.111. The maximum Gasteiger partial charge on any atom is 0.329 e. The maximum atomic E-state index is 2.52. The van der Waals surface area contributed by atoms with Gasteiger partial charge in [-0.05, 0) is 148 Å². The van der Waals surface area contributed by atoms with Crippen LogP contribution in [-0.2, 0) is 0 Å². The van der Waals surface area contributed by atoms with Gasteiger partial charge in [0.1, 0.15) is 0 Å². The second-order valence-electron chi connectivity index (χ2n) is 25.7. The second-order valence-corrected chi connectivity index (χ2v) is 25.7. The molecule has 8 heterocycles. The van der Waals surface area contributed by atoms with Gasteiger partial charge in [-0.25, -0.2) is 0 Å². The molecule has 4 nitrogen and oxygen atoms in total. The van der Waals surface area contributed by atoms with E-state index in [2.05, 4.69) is 383 Å². The van der Waals surface area contributed by atoms with E-state index >= 15 is 0 Å². The first-order valence-corrected chi connectivity index (χ1v) is 33.5. The first-order valence-electron chi connectivity index (χ1n) is 33.5. The van der Waals surface area contributed by atoms with Gasteiger partial charge in [0.25, 0.3) is 0 Å². The van der Waals surface area contributed by atoms with Crippen molar-refractivity contribution in [2.75, 3.05) is 19.2 Å². The summed E-state index contributed by atoms with van der Waals surface area (Å²) in [5.41, 5.74) is 26.4. The van der Waals surface area contributed by atoms with Crippen LogP contribution in [0.1, 0.15) is 22.3 Å². The van der Waals surface area contributed by atoms with Crippen molar-refractivity contribution in [3.8, 4) is 33.4 Å². The van der Waals surface area contributed by atoms with Crippen molar-refractivity contribution < 1.29 is 0 Å². The Kier molecular flexibility index (Phi) is 13.3.